The molecular weight excluding hydrogens is 312 g/mol. The Morgan fingerprint density at radius 1 is 1.38 bits per heavy atom. The molecule has 3 N–H and O–H groups in total. The third kappa shape index (κ3) is 3.76. The largest absolute Gasteiger partial charge is 0.393 e. The Bertz CT molecular complexity index is 671. The molecule has 0 spiro atoms. The summed E-state index contributed by atoms with van der Waals surface area (Å²) in [6.45, 7) is 0.830. The van der Waals surface area contributed by atoms with Crippen LogP contribution < -0.4 is 5.73 Å². The Hall–Kier alpha value is -1.10. The molecule has 1 heterocycles. The van der Waals surface area contributed by atoms with E-state index >= 15 is 0 Å². The van der Waals surface area contributed by atoms with E-state index in [0.29, 0.717) is 31.5 Å². The lowest BCUT2D eigenvalue weighted by Gasteiger charge is -2.29. The fourth-order valence-corrected chi connectivity index (χ4v) is 4.15. The molecule has 0 amide bonds. The van der Waals surface area contributed by atoms with Crippen molar-refractivity contribution in [3.63, 3.8) is 0 Å². The molecular formula is C14H17ClN2O3S. The van der Waals surface area contributed by atoms with Crippen LogP contribution in [0.5, 0.6) is 0 Å². The van der Waals surface area contributed by atoms with Gasteiger partial charge in [0.1, 0.15) is 4.90 Å². The van der Waals surface area contributed by atoms with Crippen LogP contribution in [0.15, 0.2) is 23.1 Å². The summed E-state index contributed by atoms with van der Waals surface area (Å²) in [4.78, 5) is 0.0684. The molecule has 0 atom stereocenters. The maximum atomic E-state index is 12.5. The molecule has 0 bridgehead atoms. The monoisotopic (exact) mass is 328 g/mol. The predicted molar refractivity (Wildman–Crippen MR) is 81.4 cm³/mol. The normalized spacial score (nSPS) is 17.3. The quantitative estimate of drug-likeness (QED) is 0.786. The lowest BCUT2D eigenvalue weighted by atomic mass is 10.1. The van der Waals surface area contributed by atoms with Gasteiger partial charge in [-0.05, 0) is 31.0 Å². The topological polar surface area (TPSA) is 83.6 Å². The van der Waals surface area contributed by atoms with Crippen LogP contribution in [-0.2, 0) is 10.0 Å². The van der Waals surface area contributed by atoms with Gasteiger partial charge in [-0.3, -0.25) is 0 Å². The van der Waals surface area contributed by atoms with E-state index in [4.69, 9.17) is 17.3 Å². The van der Waals surface area contributed by atoms with Gasteiger partial charge in [-0.15, -0.1) is 0 Å². The van der Waals surface area contributed by atoms with Gasteiger partial charge in [-0.25, -0.2) is 8.42 Å². The fourth-order valence-electron chi connectivity index (χ4n) is 2.16. The molecule has 0 radical (unpaired) electrons. The number of nitrogens with two attached hydrogens (primary N) is 1. The van der Waals surface area contributed by atoms with E-state index in [1.165, 1.54) is 16.4 Å². The van der Waals surface area contributed by atoms with E-state index in [1.54, 1.807) is 6.07 Å². The molecule has 2 rings (SSSR count). The third-order valence-corrected chi connectivity index (χ3v) is 5.69. The highest BCUT2D eigenvalue weighted by atomic mass is 35.5. The van der Waals surface area contributed by atoms with Gasteiger partial charge in [0.2, 0.25) is 10.0 Å². The van der Waals surface area contributed by atoms with Crippen LogP contribution in [0.3, 0.4) is 0 Å². The fraction of sp³-hybridized carbons (Fsp3) is 0.429. The van der Waals surface area contributed by atoms with Crippen LogP contribution in [0.1, 0.15) is 18.4 Å². The average Bonchev–Trinajstić information content (AvgIpc) is 2.45. The predicted octanol–water partition coefficient (Wildman–Crippen LogP) is 0.796. The lowest BCUT2D eigenvalue weighted by molar-refractivity contribution is 0.113. The highest BCUT2D eigenvalue weighted by Crippen LogP contribution is 2.27. The van der Waals surface area contributed by atoms with E-state index in [1.807, 2.05) is 0 Å². The number of piperidine rings is 1. The molecule has 1 aromatic rings. The Morgan fingerprint density at radius 2 is 2.05 bits per heavy atom. The summed E-state index contributed by atoms with van der Waals surface area (Å²) in [6.07, 6.45) is 0.453. The minimum Gasteiger partial charge on any atom is -0.393 e. The van der Waals surface area contributed by atoms with Gasteiger partial charge in [0.15, 0.2) is 0 Å². The van der Waals surface area contributed by atoms with Crippen molar-refractivity contribution in [3.8, 4) is 11.8 Å². The number of benzene rings is 1. The maximum absolute atomic E-state index is 12.5. The highest BCUT2D eigenvalue weighted by molar-refractivity contribution is 7.89. The second-order valence-corrected chi connectivity index (χ2v) is 7.10. The van der Waals surface area contributed by atoms with Crippen LogP contribution in [0.4, 0.5) is 0 Å². The molecule has 1 saturated heterocycles. The van der Waals surface area contributed by atoms with Gasteiger partial charge in [0.05, 0.1) is 17.7 Å². The van der Waals surface area contributed by atoms with Crippen molar-refractivity contribution >= 4 is 21.6 Å². The number of halogens is 1. The molecule has 0 unspecified atom stereocenters. The molecule has 0 aliphatic carbocycles. The standard InChI is InChI=1S/C14H17ClN2O3S/c15-13-10-11(2-1-7-16)3-4-14(13)21(19,20)17-8-5-12(18)6-9-17/h3-4,10,12,18H,5-9,16H2. The summed E-state index contributed by atoms with van der Waals surface area (Å²) in [5.74, 6) is 5.50. The van der Waals surface area contributed by atoms with Gasteiger partial charge in [-0.2, -0.15) is 4.31 Å². The molecule has 1 fully saturated rings. The zero-order chi connectivity index (χ0) is 15.5. The Labute approximate surface area is 129 Å². The first-order valence-corrected chi connectivity index (χ1v) is 8.43. The van der Waals surface area contributed by atoms with Crippen molar-refractivity contribution < 1.29 is 13.5 Å². The Kier molecular flexibility index (Phi) is 5.25. The molecule has 114 valence electrons. The number of aliphatic hydroxyl groups excluding tert-OH is 1. The molecule has 21 heavy (non-hydrogen) atoms. The zero-order valence-electron chi connectivity index (χ0n) is 11.4. The summed E-state index contributed by atoms with van der Waals surface area (Å²) in [5.41, 5.74) is 5.92. The average molecular weight is 329 g/mol. The maximum Gasteiger partial charge on any atom is 0.244 e. The van der Waals surface area contributed by atoms with Crippen LogP contribution >= 0.6 is 11.6 Å². The van der Waals surface area contributed by atoms with Gasteiger partial charge < -0.3 is 10.8 Å². The van der Waals surface area contributed by atoms with Gasteiger partial charge in [0, 0.05) is 18.7 Å². The number of hydrogen-bond donors (Lipinski definition) is 2. The minimum atomic E-state index is -3.64. The molecule has 7 heteroatoms. The van der Waals surface area contributed by atoms with Crippen molar-refractivity contribution in [2.24, 2.45) is 5.73 Å². The van der Waals surface area contributed by atoms with Crippen LogP contribution in [0, 0.1) is 11.8 Å². The molecule has 0 aromatic heterocycles. The number of aliphatic hydroxyl groups is 1. The van der Waals surface area contributed by atoms with Gasteiger partial charge >= 0.3 is 0 Å². The van der Waals surface area contributed by atoms with E-state index in [9.17, 15) is 13.5 Å². The first-order valence-electron chi connectivity index (χ1n) is 6.62. The van der Waals surface area contributed by atoms with Crippen molar-refractivity contribution in [1.29, 1.82) is 0 Å². The third-order valence-electron chi connectivity index (χ3n) is 3.31. The molecule has 1 aliphatic heterocycles. The molecule has 1 aliphatic rings. The SMILES string of the molecule is NCC#Cc1ccc(S(=O)(=O)N2CCC(O)CC2)c(Cl)c1. The van der Waals surface area contributed by atoms with Crippen LogP contribution in [0.25, 0.3) is 0 Å². The summed E-state index contributed by atoms with van der Waals surface area (Å²) in [5, 5.41) is 9.61. The summed E-state index contributed by atoms with van der Waals surface area (Å²) in [6, 6.07) is 4.60. The van der Waals surface area contributed by atoms with Crippen molar-refractivity contribution in [2.45, 2.75) is 23.8 Å². The first-order chi connectivity index (χ1) is 9.95. The van der Waals surface area contributed by atoms with Crippen molar-refractivity contribution in [3.05, 3.63) is 28.8 Å². The number of nitrogens with zero attached hydrogens (tertiary/aromatic N) is 1. The summed E-state index contributed by atoms with van der Waals surface area (Å²) < 4.78 is 26.4. The highest BCUT2D eigenvalue weighted by Gasteiger charge is 2.30. The van der Waals surface area contributed by atoms with Gasteiger partial charge in [-0.1, -0.05) is 23.4 Å². The lowest BCUT2D eigenvalue weighted by Crippen LogP contribution is -2.40. The van der Waals surface area contributed by atoms with Crippen molar-refractivity contribution in [2.75, 3.05) is 19.6 Å². The number of rotatable bonds is 2. The number of hydrogen-bond acceptors (Lipinski definition) is 4. The smallest absolute Gasteiger partial charge is 0.244 e. The van der Waals surface area contributed by atoms with E-state index < -0.39 is 16.1 Å². The summed E-state index contributed by atoms with van der Waals surface area (Å²) >= 11 is 6.09. The molecule has 5 nitrogen and oxygen atoms in total. The van der Waals surface area contributed by atoms with Crippen LogP contribution in [-0.4, -0.2) is 43.6 Å². The second-order valence-electron chi connectivity index (χ2n) is 4.79. The summed E-state index contributed by atoms with van der Waals surface area (Å²) in [7, 11) is -3.64. The minimum absolute atomic E-state index is 0.0684. The van der Waals surface area contributed by atoms with E-state index in [-0.39, 0.29) is 16.5 Å². The Balaban J connectivity index is 2.28. The number of sulfonamides is 1. The van der Waals surface area contributed by atoms with Gasteiger partial charge in [0.25, 0.3) is 0 Å². The Morgan fingerprint density at radius 3 is 2.62 bits per heavy atom. The van der Waals surface area contributed by atoms with E-state index in [2.05, 4.69) is 11.8 Å². The van der Waals surface area contributed by atoms with E-state index in [0.717, 1.165) is 0 Å². The second kappa shape index (κ2) is 6.77. The zero-order valence-corrected chi connectivity index (χ0v) is 13.0. The van der Waals surface area contributed by atoms with Crippen LogP contribution in [0.2, 0.25) is 5.02 Å². The first kappa shape index (κ1) is 16.3. The van der Waals surface area contributed by atoms with Crippen molar-refractivity contribution in [1.82, 2.24) is 4.31 Å². The molecule has 1 aromatic carbocycles. The molecule has 0 saturated carbocycles.